The molecule has 0 radical (unpaired) electrons. The first-order valence-corrected chi connectivity index (χ1v) is 7.83. The molecule has 7 heteroatoms. The van der Waals surface area contributed by atoms with Crippen LogP contribution in [-0.2, 0) is 4.79 Å². The summed E-state index contributed by atoms with van der Waals surface area (Å²) in [6.45, 7) is 1.11. The SMILES string of the molecule is O=C(c1cccnc1)N1CCC(N2C(=O)CSC2=O)CC1. The van der Waals surface area contributed by atoms with Crippen molar-refractivity contribution in [3.05, 3.63) is 30.1 Å². The lowest BCUT2D eigenvalue weighted by molar-refractivity contribution is -0.126. The summed E-state index contributed by atoms with van der Waals surface area (Å²) in [5, 5.41) is -0.156. The van der Waals surface area contributed by atoms with Crippen LogP contribution in [-0.4, -0.2) is 56.7 Å². The molecule has 110 valence electrons. The van der Waals surface area contributed by atoms with Crippen LogP contribution in [0, 0.1) is 0 Å². The highest BCUT2D eigenvalue weighted by molar-refractivity contribution is 8.14. The average molecular weight is 305 g/mol. The fourth-order valence-corrected chi connectivity index (χ4v) is 3.49. The number of thioether (sulfide) groups is 1. The molecule has 3 heterocycles. The average Bonchev–Trinajstić information content (AvgIpc) is 2.87. The van der Waals surface area contributed by atoms with E-state index in [9.17, 15) is 14.4 Å². The van der Waals surface area contributed by atoms with E-state index in [-0.39, 0.29) is 28.8 Å². The Morgan fingerprint density at radius 2 is 2.05 bits per heavy atom. The molecule has 0 atom stereocenters. The van der Waals surface area contributed by atoms with E-state index in [0.717, 1.165) is 11.8 Å². The monoisotopic (exact) mass is 305 g/mol. The molecule has 1 aromatic heterocycles. The molecule has 0 bridgehead atoms. The van der Waals surface area contributed by atoms with Crippen LogP contribution < -0.4 is 0 Å². The van der Waals surface area contributed by atoms with Crippen molar-refractivity contribution in [1.29, 1.82) is 0 Å². The fraction of sp³-hybridized carbons (Fsp3) is 0.429. The Morgan fingerprint density at radius 1 is 1.29 bits per heavy atom. The Labute approximate surface area is 126 Å². The summed E-state index contributed by atoms with van der Waals surface area (Å²) in [6, 6.07) is 3.41. The van der Waals surface area contributed by atoms with Crippen molar-refractivity contribution >= 4 is 28.8 Å². The molecule has 0 spiro atoms. The van der Waals surface area contributed by atoms with Gasteiger partial charge in [0, 0.05) is 31.5 Å². The molecule has 2 aliphatic heterocycles. The lowest BCUT2D eigenvalue weighted by atomic mass is 10.0. The first-order valence-electron chi connectivity index (χ1n) is 6.85. The van der Waals surface area contributed by atoms with Crippen LogP contribution in [0.15, 0.2) is 24.5 Å². The number of hydrogen-bond donors (Lipinski definition) is 0. The molecule has 6 nitrogen and oxygen atoms in total. The highest BCUT2D eigenvalue weighted by atomic mass is 32.2. The number of imide groups is 1. The standard InChI is InChI=1S/C14H15N3O3S/c18-12-9-21-14(20)17(12)11-3-6-16(7-4-11)13(19)10-2-1-5-15-8-10/h1-2,5,8,11H,3-4,6-7,9H2. The van der Waals surface area contributed by atoms with Crippen molar-refractivity contribution in [2.24, 2.45) is 0 Å². The first-order chi connectivity index (χ1) is 10.2. The number of likely N-dealkylation sites (tertiary alicyclic amines) is 1. The number of pyridine rings is 1. The Kier molecular flexibility index (Phi) is 3.92. The molecule has 0 aliphatic carbocycles. The minimum absolute atomic E-state index is 0.0463. The first kappa shape index (κ1) is 14.1. The Balaban J connectivity index is 1.62. The molecule has 2 fully saturated rings. The number of aromatic nitrogens is 1. The fourth-order valence-electron chi connectivity index (χ4n) is 2.72. The molecule has 0 aromatic carbocycles. The van der Waals surface area contributed by atoms with E-state index in [1.54, 1.807) is 29.4 Å². The van der Waals surface area contributed by atoms with Crippen LogP contribution in [0.3, 0.4) is 0 Å². The zero-order chi connectivity index (χ0) is 14.8. The zero-order valence-corrected chi connectivity index (χ0v) is 12.2. The van der Waals surface area contributed by atoms with Gasteiger partial charge in [0.1, 0.15) is 0 Å². The molecular formula is C14H15N3O3S. The second-order valence-corrected chi connectivity index (χ2v) is 6.01. The van der Waals surface area contributed by atoms with Crippen LogP contribution in [0.4, 0.5) is 4.79 Å². The second kappa shape index (κ2) is 5.85. The van der Waals surface area contributed by atoms with Gasteiger partial charge in [-0.2, -0.15) is 0 Å². The van der Waals surface area contributed by atoms with E-state index in [1.807, 2.05) is 0 Å². The maximum atomic E-state index is 12.3. The third-order valence-electron chi connectivity index (χ3n) is 3.81. The number of piperidine rings is 1. The topological polar surface area (TPSA) is 70.6 Å². The van der Waals surface area contributed by atoms with Crippen LogP contribution in [0.5, 0.6) is 0 Å². The van der Waals surface area contributed by atoms with Gasteiger partial charge in [0.05, 0.1) is 11.3 Å². The van der Waals surface area contributed by atoms with Crippen molar-refractivity contribution in [1.82, 2.24) is 14.8 Å². The van der Waals surface area contributed by atoms with E-state index < -0.39 is 0 Å². The molecule has 21 heavy (non-hydrogen) atoms. The minimum Gasteiger partial charge on any atom is -0.338 e. The number of amides is 3. The van der Waals surface area contributed by atoms with Gasteiger partial charge in [-0.05, 0) is 25.0 Å². The second-order valence-electron chi connectivity index (χ2n) is 5.08. The normalized spacial score (nSPS) is 20.2. The van der Waals surface area contributed by atoms with Crippen molar-refractivity contribution < 1.29 is 14.4 Å². The summed E-state index contributed by atoms with van der Waals surface area (Å²) < 4.78 is 0. The highest BCUT2D eigenvalue weighted by Crippen LogP contribution is 2.27. The van der Waals surface area contributed by atoms with E-state index in [2.05, 4.69) is 4.98 Å². The molecule has 0 N–H and O–H groups in total. The van der Waals surface area contributed by atoms with Crippen LogP contribution >= 0.6 is 11.8 Å². The maximum Gasteiger partial charge on any atom is 0.289 e. The van der Waals surface area contributed by atoms with Crippen molar-refractivity contribution in [2.75, 3.05) is 18.8 Å². The summed E-state index contributed by atoms with van der Waals surface area (Å²) in [6.07, 6.45) is 4.47. The van der Waals surface area contributed by atoms with Crippen LogP contribution in [0.25, 0.3) is 0 Å². The van der Waals surface area contributed by atoms with Gasteiger partial charge >= 0.3 is 0 Å². The largest absolute Gasteiger partial charge is 0.338 e. The molecule has 0 saturated carbocycles. The molecule has 2 aliphatic rings. The summed E-state index contributed by atoms with van der Waals surface area (Å²) in [5.74, 6) is 0.0882. The van der Waals surface area contributed by atoms with Gasteiger partial charge in [-0.25, -0.2) is 0 Å². The minimum atomic E-state index is -0.156. The van der Waals surface area contributed by atoms with Gasteiger partial charge in [0.2, 0.25) is 5.91 Å². The van der Waals surface area contributed by atoms with Crippen molar-refractivity contribution in [2.45, 2.75) is 18.9 Å². The predicted molar refractivity (Wildman–Crippen MR) is 77.9 cm³/mol. The molecular weight excluding hydrogens is 290 g/mol. The van der Waals surface area contributed by atoms with E-state index >= 15 is 0 Å². The molecule has 3 amide bonds. The number of hydrogen-bond acceptors (Lipinski definition) is 5. The molecule has 3 rings (SSSR count). The Morgan fingerprint density at radius 3 is 2.62 bits per heavy atom. The Bertz CT molecular complexity index is 554. The highest BCUT2D eigenvalue weighted by Gasteiger charge is 2.37. The molecule has 1 aromatic rings. The predicted octanol–water partition coefficient (Wildman–Crippen LogP) is 1.38. The van der Waals surface area contributed by atoms with Gasteiger partial charge in [-0.15, -0.1) is 0 Å². The van der Waals surface area contributed by atoms with E-state index in [0.29, 0.717) is 31.5 Å². The number of nitrogens with zero attached hydrogens (tertiary/aromatic N) is 3. The Hall–Kier alpha value is -1.89. The van der Waals surface area contributed by atoms with E-state index in [4.69, 9.17) is 0 Å². The van der Waals surface area contributed by atoms with Gasteiger partial charge < -0.3 is 4.90 Å². The smallest absolute Gasteiger partial charge is 0.289 e. The van der Waals surface area contributed by atoms with Gasteiger partial charge in [-0.1, -0.05) is 11.8 Å². The third-order valence-corrected chi connectivity index (χ3v) is 4.64. The van der Waals surface area contributed by atoms with Crippen LogP contribution in [0.2, 0.25) is 0 Å². The lowest BCUT2D eigenvalue weighted by Crippen LogP contribution is -2.48. The maximum absolute atomic E-state index is 12.3. The summed E-state index contributed by atoms with van der Waals surface area (Å²) in [4.78, 5) is 42.8. The van der Waals surface area contributed by atoms with Crippen molar-refractivity contribution in [3.63, 3.8) is 0 Å². The van der Waals surface area contributed by atoms with Gasteiger partial charge in [0.15, 0.2) is 0 Å². The summed E-state index contributed by atoms with van der Waals surface area (Å²) in [7, 11) is 0. The lowest BCUT2D eigenvalue weighted by Gasteiger charge is -2.35. The van der Waals surface area contributed by atoms with Gasteiger partial charge in [-0.3, -0.25) is 24.3 Å². The summed E-state index contributed by atoms with van der Waals surface area (Å²) >= 11 is 1.06. The van der Waals surface area contributed by atoms with E-state index in [1.165, 1.54) is 4.90 Å². The van der Waals surface area contributed by atoms with Crippen molar-refractivity contribution in [3.8, 4) is 0 Å². The quantitative estimate of drug-likeness (QED) is 0.825. The van der Waals surface area contributed by atoms with Gasteiger partial charge in [0.25, 0.3) is 11.1 Å². The molecule has 0 unspecified atom stereocenters. The number of rotatable bonds is 2. The zero-order valence-electron chi connectivity index (χ0n) is 11.4. The number of carbonyl (C=O) groups excluding carboxylic acids is 3. The van der Waals surface area contributed by atoms with Crippen LogP contribution in [0.1, 0.15) is 23.2 Å². The third kappa shape index (κ3) is 2.78. The number of carbonyl (C=O) groups is 3. The summed E-state index contributed by atoms with van der Waals surface area (Å²) in [5.41, 5.74) is 0.569. The molecule has 2 saturated heterocycles.